The van der Waals surface area contributed by atoms with E-state index in [9.17, 15) is 9.90 Å². The third-order valence-corrected chi connectivity index (χ3v) is 2.81. The molecule has 0 fully saturated rings. The van der Waals surface area contributed by atoms with Crippen molar-refractivity contribution in [2.24, 2.45) is 0 Å². The van der Waals surface area contributed by atoms with Gasteiger partial charge in [0.05, 0.1) is 7.11 Å². The Labute approximate surface area is 105 Å². The molecule has 0 atom stereocenters. The average molecular weight is 245 g/mol. The molecular weight excluding hydrogens is 230 g/mol. The van der Waals surface area contributed by atoms with E-state index in [2.05, 4.69) is 0 Å². The van der Waals surface area contributed by atoms with Gasteiger partial charge in [0.25, 0.3) is 0 Å². The van der Waals surface area contributed by atoms with E-state index in [4.69, 9.17) is 4.74 Å². The van der Waals surface area contributed by atoms with Gasteiger partial charge >= 0.3 is 5.97 Å². The molecule has 0 saturated heterocycles. The number of ether oxygens (including phenoxy) is 1. The van der Waals surface area contributed by atoms with E-state index in [1.807, 2.05) is 23.8 Å². The van der Waals surface area contributed by atoms with Crippen molar-refractivity contribution in [1.82, 2.24) is 4.57 Å². The molecule has 0 aliphatic carbocycles. The van der Waals surface area contributed by atoms with E-state index < -0.39 is 0 Å². The number of esters is 1. The standard InChI is InChI=1S/C14H15NO3/c1-3-15-9-11(8-13(15)14(17)18-2)10-5-4-6-12(16)7-10/h4-9,16H,3H2,1-2H3. The van der Waals surface area contributed by atoms with Crippen LogP contribution >= 0.6 is 0 Å². The number of carbonyl (C=O) groups excluding carboxylic acids is 1. The zero-order chi connectivity index (χ0) is 13.1. The second-order valence-electron chi connectivity index (χ2n) is 3.94. The van der Waals surface area contributed by atoms with E-state index in [1.165, 1.54) is 7.11 Å². The SMILES string of the molecule is CCn1cc(-c2cccc(O)c2)cc1C(=O)OC. The summed E-state index contributed by atoms with van der Waals surface area (Å²) in [6.45, 7) is 2.64. The predicted molar refractivity (Wildman–Crippen MR) is 68.5 cm³/mol. The summed E-state index contributed by atoms with van der Waals surface area (Å²) in [6.07, 6.45) is 1.88. The number of benzene rings is 1. The third-order valence-electron chi connectivity index (χ3n) is 2.81. The highest BCUT2D eigenvalue weighted by Gasteiger charge is 2.14. The number of hydrogen-bond donors (Lipinski definition) is 1. The highest BCUT2D eigenvalue weighted by molar-refractivity contribution is 5.89. The Bertz CT molecular complexity index is 572. The molecule has 2 aromatic rings. The minimum absolute atomic E-state index is 0.205. The Kier molecular flexibility index (Phi) is 3.37. The lowest BCUT2D eigenvalue weighted by molar-refractivity contribution is 0.0588. The summed E-state index contributed by atoms with van der Waals surface area (Å²) in [6, 6.07) is 8.70. The minimum atomic E-state index is -0.358. The van der Waals surface area contributed by atoms with E-state index in [0.29, 0.717) is 12.2 Å². The monoisotopic (exact) mass is 245 g/mol. The third kappa shape index (κ3) is 2.22. The van der Waals surface area contributed by atoms with Crippen molar-refractivity contribution in [1.29, 1.82) is 0 Å². The van der Waals surface area contributed by atoms with Gasteiger partial charge in [-0.3, -0.25) is 0 Å². The van der Waals surface area contributed by atoms with Crippen LogP contribution < -0.4 is 0 Å². The molecule has 4 heteroatoms. The molecule has 94 valence electrons. The highest BCUT2D eigenvalue weighted by Crippen LogP contribution is 2.25. The Balaban J connectivity index is 2.47. The van der Waals surface area contributed by atoms with Gasteiger partial charge in [0.2, 0.25) is 0 Å². The molecular formula is C14H15NO3. The molecule has 0 aliphatic heterocycles. The number of hydrogen-bond acceptors (Lipinski definition) is 3. The predicted octanol–water partition coefficient (Wildman–Crippen LogP) is 2.67. The van der Waals surface area contributed by atoms with Crippen LogP contribution in [0.5, 0.6) is 5.75 Å². The first-order valence-electron chi connectivity index (χ1n) is 5.73. The van der Waals surface area contributed by atoms with Crippen molar-refractivity contribution >= 4 is 5.97 Å². The van der Waals surface area contributed by atoms with E-state index in [1.54, 1.807) is 24.3 Å². The number of aromatic hydroxyl groups is 1. The first-order chi connectivity index (χ1) is 8.65. The average Bonchev–Trinajstić information content (AvgIpc) is 2.82. The molecule has 0 saturated carbocycles. The van der Waals surface area contributed by atoms with Crippen LogP contribution in [-0.4, -0.2) is 22.8 Å². The molecule has 0 spiro atoms. The molecule has 0 unspecified atom stereocenters. The van der Waals surface area contributed by atoms with Crippen LogP contribution in [0.3, 0.4) is 0 Å². The van der Waals surface area contributed by atoms with Crippen LogP contribution in [0.15, 0.2) is 36.5 Å². The van der Waals surface area contributed by atoms with Gasteiger partial charge in [-0.05, 0) is 30.7 Å². The fourth-order valence-corrected chi connectivity index (χ4v) is 1.89. The molecule has 4 nitrogen and oxygen atoms in total. The lowest BCUT2D eigenvalue weighted by Crippen LogP contribution is -2.08. The molecule has 1 heterocycles. The molecule has 1 aromatic carbocycles. The van der Waals surface area contributed by atoms with Crippen LogP contribution in [-0.2, 0) is 11.3 Å². The maximum absolute atomic E-state index is 11.6. The van der Waals surface area contributed by atoms with Gasteiger partial charge < -0.3 is 14.4 Å². The van der Waals surface area contributed by atoms with E-state index in [0.717, 1.165) is 11.1 Å². The Hall–Kier alpha value is -2.23. The van der Waals surface area contributed by atoms with Crippen LogP contribution in [0.2, 0.25) is 0 Å². The molecule has 0 aliphatic rings. The second kappa shape index (κ2) is 4.96. The first-order valence-corrected chi connectivity index (χ1v) is 5.73. The number of carbonyl (C=O) groups is 1. The molecule has 0 amide bonds. The summed E-state index contributed by atoms with van der Waals surface area (Å²) < 4.78 is 6.57. The van der Waals surface area contributed by atoms with Crippen LogP contribution in [0.4, 0.5) is 0 Å². The Morgan fingerprint density at radius 2 is 2.11 bits per heavy atom. The van der Waals surface area contributed by atoms with Crippen molar-refractivity contribution < 1.29 is 14.6 Å². The number of phenols is 1. The number of aromatic nitrogens is 1. The van der Waals surface area contributed by atoms with Gasteiger partial charge in [0.1, 0.15) is 11.4 Å². The van der Waals surface area contributed by atoms with Gasteiger partial charge in [-0.1, -0.05) is 12.1 Å². The van der Waals surface area contributed by atoms with Crippen molar-refractivity contribution in [3.8, 4) is 16.9 Å². The summed E-state index contributed by atoms with van der Waals surface area (Å²) in [5, 5.41) is 9.46. The maximum Gasteiger partial charge on any atom is 0.354 e. The quantitative estimate of drug-likeness (QED) is 0.846. The largest absolute Gasteiger partial charge is 0.508 e. The molecule has 0 bridgehead atoms. The summed E-state index contributed by atoms with van der Waals surface area (Å²) in [5.41, 5.74) is 2.26. The molecule has 1 N–H and O–H groups in total. The molecule has 1 aromatic heterocycles. The van der Waals surface area contributed by atoms with Crippen molar-refractivity contribution in [3.05, 3.63) is 42.2 Å². The van der Waals surface area contributed by atoms with Gasteiger partial charge in [-0.25, -0.2) is 4.79 Å². The number of aryl methyl sites for hydroxylation is 1. The van der Waals surface area contributed by atoms with Gasteiger partial charge in [0, 0.05) is 18.3 Å². The first kappa shape index (κ1) is 12.2. The van der Waals surface area contributed by atoms with Gasteiger partial charge in [0.15, 0.2) is 0 Å². The second-order valence-corrected chi connectivity index (χ2v) is 3.94. The number of phenolic OH excluding ortho intramolecular Hbond substituents is 1. The molecule has 18 heavy (non-hydrogen) atoms. The number of nitrogens with zero attached hydrogens (tertiary/aromatic N) is 1. The summed E-state index contributed by atoms with van der Waals surface area (Å²) >= 11 is 0. The normalized spacial score (nSPS) is 10.3. The van der Waals surface area contributed by atoms with Crippen LogP contribution in [0, 0.1) is 0 Å². The smallest absolute Gasteiger partial charge is 0.354 e. The van der Waals surface area contributed by atoms with E-state index in [-0.39, 0.29) is 11.7 Å². The lowest BCUT2D eigenvalue weighted by atomic mass is 10.1. The minimum Gasteiger partial charge on any atom is -0.508 e. The van der Waals surface area contributed by atoms with Gasteiger partial charge in [-0.2, -0.15) is 0 Å². The fraction of sp³-hybridized carbons (Fsp3) is 0.214. The van der Waals surface area contributed by atoms with Crippen LogP contribution in [0.1, 0.15) is 17.4 Å². The Morgan fingerprint density at radius 1 is 1.33 bits per heavy atom. The zero-order valence-corrected chi connectivity index (χ0v) is 10.4. The zero-order valence-electron chi connectivity index (χ0n) is 10.4. The summed E-state index contributed by atoms with van der Waals surface area (Å²) in [4.78, 5) is 11.6. The molecule has 0 radical (unpaired) electrons. The van der Waals surface area contributed by atoms with Crippen molar-refractivity contribution in [2.75, 3.05) is 7.11 Å². The summed E-state index contributed by atoms with van der Waals surface area (Å²) in [5.74, 6) is -0.153. The fourth-order valence-electron chi connectivity index (χ4n) is 1.89. The maximum atomic E-state index is 11.6. The van der Waals surface area contributed by atoms with E-state index >= 15 is 0 Å². The van der Waals surface area contributed by atoms with Crippen molar-refractivity contribution in [2.45, 2.75) is 13.5 Å². The Morgan fingerprint density at radius 3 is 2.72 bits per heavy atom. The lowest BCUT2D eigenvalue weighted by Gasteiger charge is -2.02. The highest BCUT2D eigenvalue weighted by atomic mass is 16.5. The number of methoxy groups -OCH3 is 1. The molecule has 2 rings (SSSR count). The van der Waals surface area contributed by atoms with Gasteiger partial charge in [-0.15, -0.1) is 0 Å². The topological polar surface area (TPSA) is 51.5 Å². The summed E-state index contributed by atoms with van der Waals surface area (Å²) in [7, 11) is 1.36. The number of rotatable bonds is 3. The van der Waals surface area contributed by atoms with Crippen LogP contribution in [0.25, 0.3) is 11.1 Å². The van der Waals surface area contributed by atoms with Crippen molar-refractivity contribution in [3.63, 3.8) is 0 Å².